The Labute approximate surface area is 108 Å². The van der Waals surface area contributed by atoms with E-state index in [0.717, 1.165) is 5.33 Å². The minimum absolute atomic E-state index is 0.0983. The minimum Gasteiger partial charge on any atom is -0.496 e. The van der Waals surface area contributed by atoms with Crippen molar-refractivity contribution in [2.75, 3.05) is 26.0 Å². The number of methoxy groups -OCH3 is 1. The van der Waals surface area contributed by atoms with Crippen LogP contribution in [0.4, 0.5) is 0 Å². The fourth-order valence-electron chi connectivity index (χ4n) is 1.28. The Morgan fingerprint density at radius 1 is 1.56 bits per heavy atom. The number of carbonyl (C=O) groups is 1. The molecule has 88 valence electrons. The van der Waals surface area contributed by atoms with E-state index in [0.29, 0.717) is 22.9 Å². The van der Waals surface area contributed by atoms with Crippen molar-refractivity contribution in [3.05, 3.63) is 28.8 Å². The molecular weight excluding hydrogens is 293 g/mol. The van der Waals surface area contributed by atoms with E-state index >= 15 is 0 Å². The second-order valence-corrected chi connectivity index (χ2v) is 4.49. The van der Waals surface area contributed by atoms with Gasteiger partial charge in [-0.1, -0.05) is 27.5 Å². The number of amides is 1. The van der Waals surface area contributed by atoms with Gasteiger partial charge in [0, 0.05) is 23.9 Å². The summed E-state index contributed by atoms with van der Waals surface area (Å²) in [5.74, 6) is 0.439. The predicted octanol–water partition coefficient (Wildman–Crippen LogP) is 2.82. The van der Waals surface area contributed by atoms with E-state index in [9.17, 15) is 4.79 Å². The standard InChI is InChI=1S/C11H13BrClNO2/c1-14(6-5-12)11(15)9-7-8(13)3-4-10(9)16-2/h3-4,7H,5-6H2,1-2H3. The normalized spacial score (nSPS) is 10.0. The Bertz CT molecular complexity index is 384. The molecular formula is C11H13BrClNO2. The van der Waals surface area contributed by atoms with Crippen LogP contribution in [-0.2, 0) is 0 Å². The lowest BCUT2D eigenvalue weighted by molar-refractivity contribution is 0.0800. The Morgan fingerprint density at radius 2 is 2.25 bits per heavy atom. The third kappa shape index (κ3) is 3.12. The lowest BCUT2D eigenvalue weighted by Gasteiger charge is -2.17. The van der Waals surface area contributed by atoms with Crippen molar-refractivity contribution < 1.29 is 9.53 Å². The van der Waals surface area contributed by atoms with Crippen LogP contribution in [-0.4, -0.2) is 36.8 Å². The summed E-state index contributed by atoms with van der Waals surface area (Å²) in [6.45, 7) is 0.633. The first-order chi connectivity index (χ1) is 7.60. The van der Waals surface area contributed by atoms with Gasteiger partial charge in [-0.05, 0) is 18.2 Å². The van der Waals surface area contributed by atoms with Crippen molar-refractivity contribution in [1.29, 1.82) is 0 Å². The van der Waals surface area contributed by atoms with Crippen LogP contribution in [0.5, 0.6) is 5.75 Å². The Hall–Kier alpha value is -0.740. The summed E-state index contributed by atoms with van der Waals surface area (Å²) in [6, 6.07) is 5.01. The molecule has 0 atom stereocenters. The third-order valence-corrected chi connectivity index (χ3v) is 2.75. The summed E-state index contributed by atoms with van der Waals surface area (Å²) in [4.78, 5) is 13.6. The summed E-state index contributed by atoms with van der Waals surface area (Å²) in [5, 5.41) is 1.26. The highest BCUT2D eigenvalue weighted by Crippen LogP contribution is 2.23. The first-order valence-electron chi connectivity index (χ1n) is 4.75. The number of carbonyl (C=O) groups excluding carboxylic acids is 1. The van der Waals surface area contributed by atoms with Crippen LogP contribution in [0.2, 0.25) is 5.02 Å². The van der Waals surface area contributed by atoms with Crippen molar-refractivity contribution >= 4 is 33.4 Å². The number of halogens is 2. The molecule has 0 aromatic heterocycles. The van der Waals surface area contributed by atoms with E-state index in [1.54, 1.807) is 30.1 Å². The van der Waals surface area contributed by atoms with Crippen LogP contribution in [0.15, 0.2) is 18.2 Å². The maximum absolute atomic E-state index is 12.0. The zero-order valence-corrected chi connectivity index (χ0v) is 11.5. The molecule has 0 aliphatic carbocycles. The molecule has 0 saturated carbocycles. The Balaban J connectivity index is 3.01. The molecule has 1 aromatic rings. The Kier molecular flexibility index (Phi) is 5.09. The van der Waals surface area contributed by atoms with Crippen LogP contribution in [0, 0.1) is 0 Å². The quantitative estimate of drug-likeness (QED) is 0.801. The van der Waals surface area contributed by atoms with E-state index in [1.807, 2.05) is 0 Å². The second kappa shape index (κ2) is 6.11. The smallest absolute Gasteiger partial charge is 0.257 e. The third-order valence-electron chi connectivity index (χ3n) is 2.16. The molecule has 0 unspecified atom stereocenters. The fourth-order valence-corrected chi connectivity index (χ4v) is 1.99. The van der Waals surface area contributed by atoms with E-state index in [4.69, 9.17) is 16.3 Å². The first kappa shape index (κ1) is 13.3. The molecule has 0 aliphatic heterocycles. The molecule has 1 amide bonds. The summed E-state index contributed by atoms with van der Waals surface area (Å²) >= 11 is 9.15. The molecule has 0 radical (unpaired) electrons. The first-order valence-corrected chi connectivity index (χ1v) is 6.25. The van der Waals surface area contributed by atoms with Gasteiger partial charge in [-0.25, -0.2) is 0 Å². The molecule has 0 heterocycles. The van der Waals surface area contributed by atoms with Gasteiger partial charge in [-0.3, -0.25) is 4.79 Å². The van der Waals surface area contributed by atoms with Gasteiger partial charge in [-0.15, -0.1) is 0 Å². The van der Waals surface area contributed by atoms with E-state index in [-0.39, 0.29) is 5.91 Å². The minimum atomic E-state index is -0.0983. The van der Waals surface area contributed by atoms with Gasteiger partial charge in [0.25, 0.3) is 5.91 Å². The fraction of sp³-hybridized carbons (Fsp3) is 0.364. The number of ether oxygens (including phenoxy) is 1. The molecule has 3 nitrogen and oxygen atoms in total. The van der Waals surface area contributed by atoms with E-state index in [2.05, 4.69) is 15.9 Å². The summed E-state index contributed by atoms with van der Waals surface area (Å²) < 4.78 is 5.13. The van der Waals surface area contributed by atoms with Crippen molar-refractivity contribution in [2.45, 2.75) is 0 Å². The summed E-state index contributed by atoms with van der Waals surface area (Å²) in [5.41, 5.74) is 0.485. The molecule has 0 N–H and O–H groups in total. The lowest BCUT2D eigenvalue weighted by Crippen LogP contribution is -2.28. The molecule has 0 aliphatic rings. The van der Waals surface area contributed by atoms with Gasteiger partial charge < -0.3 is 9.64 Å². The molecule has 0 saturated heterocycles. The van der Waals surface area contributed by atoms with Gasteiger partial charge in [0.05, 0.1) is 12.7 Å². The molecule has 0 fully saturated rings. The number of nitrogens with zero attached hydrogens (tertiary/aromatic N) is 1. The largest absolute Gasteiger partial charge is 0.496 e. The second-order valence-electron chi connectivity index (χ2n) is 3.26. The number of hydrogen-bond acceptors (Lipinski definition) is 2. The molecule has 16 heavy (non-hydrogen) atoms. The number of benzene rings is 1. The molecule has 0 spiro atoms. The van der Waals surface area contributed by atoms with Crippen molar-refractivity contribution in [2.24, 2.45) is 0 Å². The highest BCUT2D eigenvalue weighted by atomic mass is 79.9. The van der Waals surface area contributed by atoms with Crippen LogP contribution >= 0.6 is 27.5 Å². The van der Waals surface area contributed by atoms with Crippen molar-refractivity contribution in [3.8, 4) is 5.75 Å². The number of hydrogen-bond donors (Lipinski definition) is 0. The SMILES string of the molecule is COc1ccc(Cl)cc1C(=O)N(C)CCBr. The van der Waals surface area contributed by atoms with Crippen LogP contribution in [0.1, 0.15) is 10.4 Å². The van der Waals surface area contributed by atoms with Gasteiger partial charge in [0.2, 0.25) is 0 Å². The van der Waals surface area contributed by atoms with E-state index in [1.165, 1.54) is 7.11 Å². The maximum atomic E-state index is 12.0. The van der Waals surface area contributed by atoms with Gasteiger partial charge in [-0.2, -0.15) is 0 Å². The lowest BCUT2D eigenvalue weighted by atomic mass is 10.2. The summed E-state index contributed by atoms with van der Waals surface area (Å²) in [7, 11) is 3.27. The molecule has 1 rings (SSSR count). The zero-order chi connectivity index (χ0) is 12.1. The highest BCUT2D eigenvalue weighted by Gasteiger charge is 2.16. The maximum Gasteiger partial charge on any atom is 0.257 e. The average Bonchev–Trinajstić information content (AvgIpc) is 2.28. The zero-order valence-electron chi connectivity index (χ0n) is 9.17. The highest BCUT2D eigenvalue weighted by molar-refractivity contribution is 9.09. The van der Waals surface area contributed by atoms with Crippen molar-refractivity contribution in [3.63, 3.8) is 0 Å². The molecule has 0 bridgehead atoms. The van der Waals surface area contributed by atoms with Gasteiger partial charge in [0.15, 0.2) is 0 Å². The van der Waals surface area contributed by atoms with Crippen LogP contribution < -0.4 is 4.74 Å². The topological polar surface area (TPSA) is 29.5 Å². The molecule has 1 aromatic carbocycles. The predicted molar refractivity (Wildman–Crippen MR) is 68.8 cm³/mol. The van der Waals surface area contributed by atoms with Crippen LogP contribution in [0.25, 0.3) is 0 Å². The number of alkyl halides is 1. The average molecular weight is 307 g/mol. The van der Waals surface area contributed by atoms with Crippen molar-refractivity contribution in [1.82, 2.24) is 4.90 Å². The summed E-state index contributed by atoms with van der Waals surface area (Å²) in [6.07, 6.45) is 0. The molecule has 5 heteroatoms. The number of rotatable bonds is 4. The van der Waals surface area contributed by atoms with Gasteiger partial charge >= 0.3 is 0 Å². The van der Waals surface area contributed by atoms with Crippen LogP contribution in [0.3, 0.4) is 0 Å². The van der Waals surface area contributed by atoms with Gasteiger partial charge in [0.1, 0.15) is 5.75 Å². The van der Waals surface area contributed by atoms with E-state index < -0.39 is 0 Å². The Morgan fingerprint density at radius 3 is 2.81 bits per heavy atom. The monoisotopic (exact) mass is 305 g/mol.